The van der Waals surface area contributed by atoms with Crippen molar-refractivity contribution >= 4 is 31.9 Å². The molecule has 0 bridgehead atoms. The normalized spacial score (nSPS) is 26.1. The van der Waals surface area contributed by atoms with Crippen LogP contribution in [-0.2, 0) is 6.54 Å². The highest BCUT2D eigenvalue weighted by molar-refractivity contribution is 9.11. The number of rotatable bonds is 2. The van der Waals surface area contributed by atoms with Crippen LogP contribution in [0.2, 0.25) is 0 Å². The van der Waals surface area contributed by atoms with Crippen LogP contribution < -0.4 is 5.73 Å². The first-order valence-corrected chi connectivity index (χ1v) is 7.42. The van der Waals surface area contributed by atoms with E-state index in [-0.39, 0.29) is 6.04 Å². The molecule has 1 saturated heterocycles. The first-order chi connectivity index (χ1) is 8.06. The molecular weight excluding hydrogens is 346 g/mol. The van der Waals surface area contributed by atoms with Crippen molar-refractivity contribution < 1.29 is 0 Å². The number of aromatic nitrogens is 1. The van der Waals surface area contributed by atoms with Gasteiger partial charge in [0.05, 0.1) is 5.69 Å². The van der Waals surface area contributed by atoms with Gasteiger partial charge in [0.2, 0.25) is 0 Å². The fourth-order valence-corrected chi connectivity index (χ4v) is 3.20. The molecule has 2 heterocycles. The summed E-state index contributed by atoms with van der Waals surface area (Å²) in [4.78, 5) is 6.82. The van der Waals surface area contributed by atoms with Crippen LogP contribution in [0.25, 0.3) is 0 Å². The van der Waals surface area contributed by atoms with Crippen molar-refractivity contribution in [2.75, 3.05) is 13.1 Å². The Morgan fingerprint density at radius 2 is 2.29 bits per heavy atom. The lowest BCUT2D eigenvalue weighted by Gasteiger charge is -2.34. The molecule has 2 unspecified atom stereocenters. The van der Waals surface area contributed by atoms with Gasteiger partial charge in [0.1, 0.15) is 0 Å². The highest BCUT2D eigenvalue weighted by Gasteiger charge is 2.23. The molecule has 0 amide bonds. The lowest BCUT2D eigenvalue weighted by atomic mass is 9.94. The third-order valence-electron chi connectivity index (χ3n) is 3.36. The molecule has 0 aliphatic carbocycles. The number of hydrogen-bond acceptors (Lipinski definition) is 3. The molecule has 2 N–H and O–H groups in total. The number of nitrogens with zero attached hydrogens (tertiary/aromatic N) is 2. The Kier molecular flexibility index (Phi) is 4.58. The number of nitrogens with two attached hydrogens (primary N) is 1. The zero-order chi connectivity index (χ0) is 12.4. The lowest BCUT2D eigenvalue weighted by Crippen LogP contribution is -2.47. The third kappa shape index (κ3) is 3.50. The average Bonchev–Trinajstić information content (AvgIpc) is 2.27. The lowest BCUT2D eigenvalue weighted by molar-refractivity contribution is 0.160. The first-order valence-electron chi connectivity index (χ1n) is 5.84. The molecule has 2 atom stereocenters. The number of piperidine rings is 1. The zero-order valence-corrected chi connectivity index (χ0v) is 13.0. The van der Waals surface area contributed by atoms with E-state index in [9.17, 15) is 0 Å². The summed E-state index contributed by atoms with van der Waals surface area (Å²) in [5.74, 6) is 0.632. The molecule has 94 valence electrons. The van der Waals surface area contributed by atoms with Gasteiger partial charge in [-0.25, -0.2) is 0 Å². The molecule has 0 saturated carbocycles. The zero-order valence-electron chi connectivity index (χ0n) is 9.87. The Hall–Kier alpha value is 0.0300. The predicted molar refractivity (Wildman–Crippen MR) is 76.7 cm³/mol. The molecule has 0 aromatic carbocycles. The average molecular weight is 363 g/mol. The van der Waals surface area contributed by atoms with Crippen LogP contribution in [0.5, 0.6) is 0 Å². The Morgan fingerprint density at radius 3 is 2.94 bits per heavy atom. The van der Waals surface area contributed by atoms with Crippen molar-refractivity contribution in [3.63, 3.8) is 0 Å². The van der Waals surface area contributed by atoms with E-state index in [0.717, 1.165) is 34.3 Å². The summed E-state index contributed by atoms with van der Waals surface area (Å²) in [6.45, 7) is 5.18. The second-order valence-corrected chi connectivity index (χ2v) is 6.52. The van der Waals surface area contributed by atoms with Crippen molar-refractivity contribution in [1.29, 1.82) is 0 Å². The molecule has 0 radical (unpaired) electrons. The van der Waals surface area contributed by atoms with Crippen molar-refractivity contribution in [3.05, 3.63) is 26.9 Å². The fourth-order valence-electron chi connectivity index (χ4n) is 2.08. The predicted octanol–water partition coefficient (Wildman–Crippen LogP) is 2.78. The Labute approximate surface area is 119 Å². The van der Waals surface area contributed by atoms with Gasteiger partial charge >= 0.3 is 0 Å². The van der Waals surface area contributed by atoms with Gasteiger partial charge in [-0.3, -0.25) is 9.88 Å². The third-order valence-corrected chi connectivity index (χ3v) is 4.48. The summed E-state index contributed by atoms with van der Waals surface area (Å²) in [6.07, 6.45) is 3.02. The summed E-state index contributed by atoms with van der Waals surface area (Å²) >= 11 is 6.96. The number of likely N-dealkylation sites (tertiary alicyclic amines) is 1. The summed E-state index contributed by atoms with van der Waals surface area (Å²) in [5.41, 5.74) is 7.18. The van der Waals surface area contributed by atoms with E-state index >= 15 is 0 Å². The molecular formula is C12H17Br2N3. The van der Waals surface area contributed by atoms with E-state index < -0.39 is 0 Å². The maximum Gasteiger partial charge on any atom is 0.0686 e. The Bertz CT molecular complexity index is 397. The summed E-state index contributed by atoms with van der Waals surface area (Å²) < 4.78 is 2.05. The van der Waals surface area contributed by atoms with E-state index in [1.54, 1.807) is 0 Å². The minimum Gasteiger partial charge on any atom is -0.326 e. The van der Waals surface area contributed by atoms with Crippen molar-refractivity contribution in [2.45, 2.75) is 25.9 Å². The van der Waals surface area contributed by atoms with E-state index in [2.05, 4.69) is 48.7 Å². The minimum atomic E-state index is 0.290. The fraction of sp³-hybridized carbons (Fsp3) is 0.583. The molecule has 0 spiro atoms. The van der Waals surface area contributed by atoms with Gasteiger partial charge in [-0.05, 0) is 56.8 Å². The van der Waals surface area contributed by atoms with Gasteiger partial charge < -0.3 is 5.73 Å². The van der Waals surface area contributed by atoms with Gasteiger partial charge in [-0.2, -0.15) is 0 Å². The highest BCUT2D eigenvalue weighted by atomic mass is 79.9. The van der Waals surface area contributed by atoms with Crippen molar-refractivity contribution in [2.24, 2.45) is 11.7 Å². The highest BCUT2D eigenvalue weighted by Crippen LogP contribution is 2.23. The van der Waals surface area contributed by atoms with Crippen molar-refractivity contribution in [1.82, 2.24) is 9.88 Å². The van der Waals surface area contributed by atoms with E-state index in [1.807, 2.05) is 12.3 Å². The molecule has 1 fully saturated rings. The van der Waals surface area contributed by atoms with Crippen LogP contribution in [0.1, 0.15) is 19.0 Å². The smallest absolute Gasteiger partial charge is 0.0686 e. The molecule has 1 aliphatic rings. The molecule has 5 heteroatoms. The van der Waals surface area contributed by atoms with Crippen molar-refractivity contribution in [3.8, 4) is 0 Å². The van der Waals surface area contributed by atoms with Gasteiger partial charge in [-0.1, -0.05) is 6.92 Å². The SMILES string of the molecule is CC1CCN(Cc2ncc(Br)cc2Br)CC1N. The van der Waals surface area contributed by atoms with Crippen LogP contribution >= 0.6 is 31.9 Å². The first kappa shape index (κ1) is 13.5. The topological polar surface area (TPSA) is 42.2 Å². The van der Waals surface area contributed by atoms with Gasteiger partial charge in [0.15, 0.2) is 0 Å². The monoisotopic (exact) mass is 361 g/mol. The van der Waals surface area contributed by atoms with E-state index in [1.165, 1.54) is 6.42 Å². The number of hydrogen-bond donors (Lipinski definition) is 1. The molecule has 1 aliphatic heterocycles. The van der Waals surface area contributed by atoms with E-state index in [4.69, 9.17) is 5.73 Å². The van der Waals surface area contributed by atoms with Crippen LogP contribution in [0.15, 0.2) is 21.2 Å². The molecule has 1 aromatic rings. The van der Waals surface area contributed by atoms with E-state index in [0.29, 0.717) is 5.92 Å². The number of pyridine rings is 1. The maximum atomic E-state index is 6.10. The van der Waals surface area contributed by atoms with Crippen LogP contribution in [0.3, 0.4) is 0 Å². The van der Waals surface area contributed by atoms with Crippen LogP contribution in [0.4, 0.5) is 0 Å². The van der Waals surface area contributed by atoms with Crippen LogP contribution in [0, 0.1) is 5.92 Å². The molecule has 2 rings (SSSR count). The maximum absolute atomic E-state index is 6.10. The molecule has 1 aromatic heterocycles. The van der Waals surface area contributed by atoms with Crippen LogP contribution in [-0.4, -0.2) is 29.0 Å². The Morgan fingerprint density at radius 1 is 1.53 bits per heavy atom. The van der Waals surface area contributed by atoms with Gasteiger partial charge in [-0.15, -0.1) is 0 Å². The minimum absolute atomic E-state index is 0.290. The molecule has 3 nitrogen and oxygen atoms in total. The summed E-state index contributed by atoms with van der Waals surface area (Å²) in [5, 5.41) is 0. The largest absolute Gasteiger partial charge is 0.326 e. The Balaban J connectivity index is 2.01. The summed E-state index contributed by atoms with van der Waals surface area (Å²) in [6, 6.07) is 2.33. The quantitative estimate of drug-likeness (QED) is 0.879. The van der Waals surface area contributed by atoms with Gasteiger partial charge in [0.25, 0.3) is 0 Å². The second kappa shape index (κ2) is 5.78. The second-order valence-electron chi connectivity index (χ2n) is 4.75. The van der Waals surface area contributed by atoms with Gasteiger partial charge in [0, 0.05) is 34.3 Å². The number of halogens is 2. The summed E-state index contributed by atoms with van der Waals surface area (Å²) in [7, 11) is 0. The standard InChI is InChI=1S/C12H17Br2N3/c1-8-2-3-17(6-11(8)15)7-12-10(14)4-9(13)5-16-12/h4-5,8,11H,2-3,6-7,15H2,1H3. The molecule has 17 heavy (non-hydrogen) atoms.